The first-order valence-electron chi connectivity index (χ1n) is 10.3. The molecule has 7 heteroatoms. The van der Waals surface area contributed by atoms with E-state index in [1.54, 1.807) is 0 Å². The van der Waals surface area contributed by atoms with Crippen LogP contribution >= 0.6 is 7.26 Å². The maximum Gasteiger partial charge on any atom is 0.406 e. The number of hydrogen-bond acceptors (Lipinski definition) is 1. The van der Waals surface area contributed by atoms with E-state index in [0.29, 0.717) is 12.8 Å². The third-order valence-electron chi connectivity index (χ3n) is 5.83. The van der Waals surface area contributed by atoms with Crippen LogP contribution in [0.25, 0.3) is 0 Å². The van der Waals surface area contributed by atoms with Gasteiger partial charge in [-0.05, 0) is 49.2 Å². The second kappa shape index (κ2) is 10.2. The molecule has 0 bridgehead atoms. The number of hydrogen-bond donors (Lipinski definition) is 0. The van der Waals surface area contributed by atoms with E-state index in [1.807, 2.05) is 91.0 Å². The van der Waals surface area contributed by atoms with Crippen molar-refractivity contribution in [3.8, 4) is 0 Å². The van der Waals surface area contributed by atoms with Crippen molar-refractivity contribution in [3.05, 3.63) is 91.0 Å². The van der Waals surface area contributed by atoms with Crippen LogP contribution in [0.5, 0.6) is 0 Å². The summed E-state index contributed by atoms with van der Waals surface area (Å²) >= 11 is 0. The fourth-order valence-corrected chi connectivity index (χ4v) is 9.59. The zero-order valence-electron chi connectivity index (χ0n) is 17.4. The number of piperidine rings is 1. The van der Waals surface area contributed by atoms with Crippen molar-refractivity contribution in [1.82, 2.24) is 4.90 Å². The van der Waals surface area contributed by atoms with Gasteiger partial charge in [-0.2, -0.15) is 13.2 Å². The fraction of sp³-hybridized carbons (Fsp3) is 0.240. The molecule has 3 aromatic rings. The molecule has 0 aliphatic carbocycles. The van der Waals surface area contributed by atoms with Gasteiger partial charge in [0.05, 0.1) is 0 Å². The zero-order chi connectivity index (χ0) is 21.9. The van der Waals surface area contributed by atoms with Gasteiger partial charge in [0.15, 0.2) is 5.66 Å². The van der Waals surface area contributed by atoms with Crippen molar-refractivity contribution in [2.45, 2.75) is 24.7 Å². The molecule has 1 aliphatic heterocycles. The van der Waals surface area contributed by atoms with Gasteiger partial charge in [-0.3, -0.25) is 4.79 Å². The third kappa shape index (κ3) is 4.77. The van der Waals surface area contributed by atoms with Crippen molar-refractivity contribution in [3.63, 3.8) is 0 Å². The molecule has 1 heterocycles. The zero-order valence-corrected chi connectivity index (χ0v) is 19.9. The molecular weight excluding hydrogens is 498 g/mol. The van der Waals surface area contributed by atoms with Crippen LogP contribution in [-0.2, 0) is 4.79 Å². The van der Waals surface area contributed by atoms with Gasteiger partial charge >= 0.3 is 6.18 Å². The van der Waals surface area contributed by atoms with Gasteiger partial charge in [-0.25, -0.2) is 0 Å². The van der Waals surface area contributed by atoms with E-state index in [-0.39, 0.29) is 23.5 Å². The quantitative estimate of drug-likeness (QED) is 0.466. The van der Waals surface area contributed by atoms with Crippen molar-refractivity contribution in [2.24, 2.45) is 0 Å². The predicted molar refractivity (Wildman–Crippen MR) is 121 cm³/mol. The van der Waals surface area contributed by atoms with E-state index in [2.05, 4.69) is 0 Å². The number of likely N-dealkylation sites (tertiary alicyclic amines) is 1. The van der Waals surface area contributed by atoms with Crippen LogP contribution in [0.4, 0.5) is 13.2 Å². The third-order valence-corrected chi connectivity index (χ3v) is 10.6. The molecule has 0 spiro atoms. The molecule has 32 heavy (non-hydrogen) atoms. The number of carbonyl (C=O) groups is 1. The lowest BCUT2D eigenvalue weighted by Crippen LogP contribution is -3.00. The molecule has 2 nitrogen and oxygen atoms in total. The Kier molecular flexibility index (Phi) is 7.79. The summed E-state index contributed by atoms with van der Waals surface area (Å²) in [6.45, 7) is -1.05. The van der Waals surface area contributed by atoms with Crippen molar-refractivity contribution >= 4 is 29.1 Å². The van der Waals surface area contributed by atoms with Gasteiger partial charge in [-0.1, -0.05) is 54.6 Å². The summed E-state index contributed by atoms with van der Waals surface area (Å²) in [5.41, 5.74) is -0.532. The first kappa shape index (κ1) is 24.5. The maximum atomic E-state index is 13.6. The average molecular weight is 522 g/mol. The Morgan fingerprint density at radius 3 is 1.56 bits per heavy atom. The molecule has 0 saturated carbocycles. The van der Waals surface area contributed by atoms with Crippen LogP contribution in [0, 0.1) is 0 Å². The van der Waals surface area contributed by atoms with Crippen LogP contribution in [0.3, 0.4) is 0 Å². The molecule has 0 N–H and O–H groups in total. The number of carbonyl (C=O) groups excluding carboxylic acids is 1. The molecule has 3 aromatic carbocycles. The highest BCUT2D eigenvalue weighted by molar-refractivity contribution is 7.96. The minimum atomic E-state index is -4.41. The lowest BCUT2D eigenvalue weighted by molar-refractivity contribution is -0.163. The number of amides is 1. The van der Waals surface area contributed by atoms with Crippen molar-refractivity contribution in [1.29, 1.82) is 0 Å². The Labute approximate surface area is 197 Å². The Morgan fingerprint density at radius 2 is 1.19 bits per heavy atom. The summed E-state index contributed by atoms with van der Waals surface area (Å²) < 4.78 is 39.7. The fourth-order valence-electron chi connectivity index (χ4n) is 4.63. The van der Waals surface area contributed by atoms with E-state index in [9.17, 15) is 18.0 Å². The summed E-state index contributed by atoms with van der Waals surface area (Å²) in [5.74, 6) is -0.395. The molecule has 1 atom stereocenters. The van der Waals surface area contributed by atoms with Crippen LogP contribution in [0.2, 0.25) is 0 Å². The molecule has 4 rings (SSSR count). The number of nitrogens with zero attached hydrogens (tertiary/aromatic N) is 1. The van der Waals surface area contributed by atoms with E-state index in [0.717, 1.165) is 20.8 Å². The van der Waals surface area contributed by atoms with E-state index in [1.165, 1.54) is 0 Å². The molecule has 0 radical (unpaired) electrons. The normalized spacial score (nSPS) is 17.0. The van der Waals surface area contributed by atoms with Crippen LogP contribution in [0.1, 0.15) is 12.8 Å². The summed E-state index contributed by atoms with van der Waals surface area (Å²) in [5, 5.41) is 3.04. The number of alkyl halides is 3. The van der Waals surface area contributed by atoms with Gasteiger partial charge in [0, 0.05) is 6.54 Å². The van der Waals surface area contributed by atoms with Crippen molar-refractivity contribution in [2.75, 3.05) is 13.1 Å². The van der Waals surface area contributed by atoms with Crippen LogP contribution in [0.15, 0.2) is 91.0 Å². The standard InChI is InChI=1S/C25H24F3NOP.BrH/c26-25(27,28)19-29-18-10-17-23(24(29)30)31(20-11-4-1-5-12-20,21-13-6-2-7-14-21)22-15-8-3-9-16-22;/h1-9,11-16,23H,10,17-19H2;1H/q+1;/p-1/t23-;/m1./s1. The van der Waals surface area contributed by atoms with Crippen LogP contribution in [-0.4, -0.2) is 35.7 Å². The van der Waals surface area contributed by atoms with E-state index >= 15 is 0 Å². The van der Waals surface area contributed by atoms with Gasteiger partial charge in [-0.15, -0.1) is 0 Å². The summed E-state index contributed by atoms with van der Waals surface area (Å²) in [6.07, 6.45) is -3.29. The molecule has 0 unspecified atom stereocenters. The molecule has 0 aromatic heterocycles. The Bertz CT molecular complexity index is 919. The summed E-state index contributed by atoms with van der Waals surface area (Å²) in [4.78, 5) is 14.6. The highest BCUT2D eigenvalue weighted by Gasteiger charge is 2.57. The van der Waals surface area contributed by atoms with Gasteiger partial charge in [0.2, 0.25) is 0 Å². The molecule has 1 saturated heterocycles. The van der Waals surface area contributed by atoms with Gasteiger partial charge in [0.1, 0.15) is 29.7 Å². The topological polar surface area (TPSA) is 20.3 Å². The number of rotatable bonds is 5. The lowest BCUT2D eigenvalue weighted by Gasteiger charge is -2.39. The summed E-state index contributed by atoms with van der Waals surface area (Å²) in [7, 11) is -2.55. The number of benzene rings is 3. The smallest absolute Gasteiger partial charge is 0.406 e. The summed E-state index contributed by atoms with van der Waals surface area (Å²) in [6, 6.07) is 29.5. The van der Waals surface area contributed by atoms with E-state index < -0.39 is 31.5 Å². The Balaban J connectivity index is 0.00000289. The molecule has 1 aliphatic rings. The van der Waals surface area contributed by atoms with Gasteiger partial charge < -0.3 is 21.9 Å². The second-order valence-electron chi connectivity index (χ2n) is 7.76. The largest absolute Gasteiger partial charge is 1.00 e. The average Bonchev–Trinajstić information content (AvgIpc) is 2.78. The van der Waals surface area contributed by atoms with Gasteiger partial charge in [0.25, 0.3) is 5.91 Å². The first-order chi connectivity index (χ1) is 14.9. The molecule has 168 valence electrons. The van der Waals surface area contributed by atoms with E-state index in [4.69, 9.17) is 0 Å². The van der Waals surface area contributed by atoms with Crippen molar-refractivity contribution < 1.29 is 34.9 Å². The minimum absolute atomic E-state index is 0. The number of halogens is 4. The minimum Gasteiger partial charge on any atom is -1.00 e. The first-order valence-corrected chi connectivity index (χ1v) is 12.2. The molecule has 1 amide bonds. The highest BCUT2D eigenvalue weighted by Crippen LogP contribution is 2.62. The van der Waals surface area contributed by atoms with Crippen LogP contribution < -0.4 is 32.9 Å². The molecular formula is C25H24BrF3NOP. The maximum absolute atomic E-state index is 13.6. The SMILES string of the molecule is O=C1[C@H]([P+](c2ccccc2)(c2ccccc2)c2ccccc2)CCCN1CC(F)(F)F.[Br-]. The Morgan fingerprint density at radius 1 is 0.781 bits per heavy atom. The lowest BCUT2D eigenvalue weighted by atomic mass is 10.1. The molecule has 1 fully saturated rings. The Hall–Kier alpha value is -2.17. The second-order valence-corrected chi connectivity index (χ2v) is 11.4. The highest BCUT2D eigenvalue weighted by atomic mass is 79.9. The predicted octanol–water partition coefficient (Wildman–Crippen LogP) is 1.54. The monoisotopic (exact) mass is 521 g/mol.